The van der Waals surface area contributed by atoms with Gasteiger partial charge in [-0.25, -0.2) is 0 Å². The molecule has 0 aliphatic heterocycles. The van der Waals surface area contributed by atoms with Crippen LogP contribution in [0.1, 0.15) is 44.3 Å². The van der Waals surface area contributed by atoms with Crippen LogP contribution in [0.25, 0.3) is 0 Å². The van der Waals surface area contributed by atoms with Gasteiger partial charge in [-0.3, -0.25) is 9.59 Å². The van der Waals surface area contributed by atoms with Crippen LogP contribution in [0.2, 0.25) is 0 Å². The maximum atomic E-state index is 13.6. The molecule has 7 heteroatoms. The largest absolute Gasteiger partial charge is 0.459 e. The number of nitrogens with one attached hydrogen (secondary N) is 1. The predicted molar refractivity (Wildman–Crippen MR) is 136 cm³/mol. The van der Waals surface area contributed by atoms with E-state index in [1.165, 1.54) is 17.6 Å². The van der Waals surface area contributed by atoms with Gasteiger partial charge in [-0.05, 0) is 59.8 Å². The van der Waals surface area contributed by atoms with Crippen molar-refractivity contribution in [1.29, 1.82) is 0 Å². The molecular weight excluding hydrogens is 446 g/mol. The van der Waals surface area contributed by atoms with E-state index in [0.29, 0.717) is 17.1 Å². The Kier molecular flexibility index (Phi) is 7.13. The van der Waals surface area contributed by atoms with Gasteiger partial charge in [-0.15, -0.1) is 11.3 Å². The molecule has 0 fully saturated rings. The lowest BCUT2D eigenvalue weighted by atomic mass is 10.0. The van der Waals surface area contributed by atoms with E-state index in [1.807, 2.05) is 96.9 Å². The van der Waals surface area contributed by atoms with Crippen LogP contribution in [0.15, 0.2) is 88.9 Å². The van der Waals surface area contributed by atoms with E-state index < -0.39 is 0 Å². The Labute approximate surface area is 203 Å². The van der Waals surface area contributed by atoms with Gasteiger partial charge < -0.3 is 19.5 Å². The molecule has 1 N–H and O–H groups in total. The molecule has 6 nitrogen and oxygen atoms in total. The van der Waals surface area contributed by atoms with Gasteiger partial charge in [0.05, 0.1) is 17.2 Å². The first kappa shape index (κ1) is 23.3. The summed E-state index contributed by atoms with van der Waals surface area (Å²) in [6, 6.07) is 22.6. The lowest BCUT2D eigenvalue weighted by molar-refractivity contribution is 0.0679. The standard InChI is InChI=1S/C27H27N3O3S/c1-19(20-9-5-4-6-10-20)30(27(32)25-12-8-16-34-25)18-21-17-22(13-14-23(21)29(2)3)28-26(31)24-11-7-15-33-24/h4-17,19H,18H2,1-3H3,(H,28,31)/t19-/m1/s1. The molecule has 174 valence electrons. The number of amides is 2. The van der Waals surface area contributed by atoms with Gasteiger partial charge in [0.25, 0.3) is 11.8 Å². The molecule has 0 aliphatic carbocycles. The monoisotopic (exact) mass is 473 g/mol. The predicted octanol–water partition coefficient (Wildman–Crippen LogP) is 6.06. The van der Waals surface area contributed by atoms with Crippen molar-refractivity contribution in [2.45, 2.75) is 19.5 Å². The Morgan fingerprint density at radius 1 is 1.00 bits per heavy atom. The summed E-state index contributed by atoms with van der Waals surface area (Å²) >= 11 is 1.43. The number of carbonyl (C=O) groups is 2. The number of furan rings is 1. The van der Waals surface area contributed by atoms with Gasteiger partial charge in [-0.1, -0.05) is 36.4 Å². The normalized spacial score (nSPS) is 11.6. The fourth-order valence-electron chi connectivity index (χ4n) is 3.85. The third-order valence-corrected chi connectivity index (χ3v) is 6.50. The summed E-state index contributed by atoms with van der Waals surface area (Å²) in [5.74, 6) is -0.107. The number of hydrogen-bond donors (Lipinski definition) is 1. The van der Waals surface area contributed by atoms with Crippen LogP contribution in [0.3, 0.4) is 0 Å². The highest BCUT2D eigenvalue weighted by molar-refractivity contribution is 7.12. The average molecular weight is 474 g/mol. The number of anilines is 2. The molecule has 0 saturated carbocycles. The number of benzene rings is 2. The van der Waals surface area contributed by atoms with Crippen molar-refractivity contribution >= 4 is 34.5 Å². The van der Waals surface area contributed by atoms with Crippen molar-refractivity contribution in [3.8, 4) is 0 Å². The van der Waals surface area contributed by atoms with Crippen LogP contribution >= 0.6 is 11.3 Å². The zero-order chi connectivity index (χ0) is 24.1. The molecule has 0 unspecified atom stereocenters. The number of carbonyl (C=O) groups excluding carboxylic acids is 2. The van der Waals surface area contributed by atoms with Crippen molar-refractivity contribution < 1.29 is 14.0 Å². The highest BCUT2D eigenvalue weighted by Gasteiger charge is 2.25. The molecule has 0 aliphatic rings. The molecule has 4 aromatic rings. The minimum Gasteiger partial charge on any atom is -0.459 e. The molecule has 2 amide bonds. The number of hydrogen-bond acceptors (Lipinski definition) is 5. The molecule has 0 radical (unpaired) electrons. The van der Waals surface area contributed by atoms with Crippen LogP contribution in [-0.2, 0) is 6.54 Å². The lowest BCUT2D eigenvalue weighted by Crippen LogP contribution is -2.33. The first-order valence-corrected chi connectivity index (χ1v) is 11.9. The van der Waals surface area contributed by atoms with Gasteiger partial charge in [-0.2, -0.15) is 0 Å². The quantitative estimate of drug-likeness (QED) is 0.338. The van der Waals surface area contributed by atoms with Crippen LogP contribution in [0, 0.1) is 0 Å². The average Bonchev–Trinajstić information content (AvgIpc) is 3.57. The van der Waals surface area contributed by atoms with Crippen LogP contribution < -0.4 is 10.2 Å². The minimum atomic E-state index is -0.322. The molecule has 2 aromatic heterocycles. The summed E-state index contributed by atoms with van der Waals surface area (Å²) < 4.78 is 5.21. The highest BCUT2D eigenvalue weighted by atomic mass is 32.1. The molecule has 1 atom stereocenters. The summed E-state index contributed by atoms with van der Waals surface area (Å²) in [7, 11) is 3.93. The van der Waals surface area contributed by atoms with Crippen molar-refractivity contribution in [1.82, 2.24) is 4.90 Å². The first-order chi connectivity index (χ1) is 16.4. The molecule has 4 rings (SSSR count). The SMILES string of the molecule is C[C@H](c1ccccc1)N(Cc1cc(NC(=O)c2ccco2)ccc1N(C)C)C(=O)c1cccs1. The third kappa shape index (κ3) is 5.21. The van der Waals surface area contributed by atoms with E-state index >= 15 is 0 Å². The summed E-state index contributed by atoms with van der Waals surface area (Å²) in [6.45, 7) is 2.42. The van der Waals surface area contributed by atoms with Crippen LogP contribution in [0.5, 0.6) is 0 Å². The van der Waals surface area contributed by atoms with E-state index in [9.17, 15) is 9.59 Å². The minimum absolute atomic E-state index is 0.0268. The maximum Gasteiger partial charge on any atom is 0.291 e. The van der Waals surface area contributed by atoms with E-state index in [4.69, 9.17) is 4.42 Å². The van der Waals surface area contributed by atoms with Gasteiger partial charge in [0, 0.05) is 32.0 Å². The second-order valence-electron chi connectivity index (χ2n) is 8.17. The smallest absolute Gasteiger partial charge is 0.291 e. The molecule has 0 saturated heterocycles. The summed E-state index contributed by atoms with van der Waals surface area (Å²) in [5, 5.41) is 4.80. The molecular formula is C27H27N3O3S. The first-order valence-electron chi connectivity index (χ1n) is 11.0. The fourth-order valence-corrected chi connectivity index (χ4v) is 4.53. The van der Waals surface area contributed by atoms with E-state index in [0.717, 1.165) is 16.8 Å². The van der Waals surface area contributed by atoms with E-state index in [1.54, 1.807) is 12.1 Å². The van der Waals surface area contributed by atoms with Gasteiger partial charge in [0.2, 0.25) is 0 Å². The number of nitrogens with zero attached hydrogens (tertiary/aromatic N) is 2. The third-order valence-electron chi connectivity index (χ3n) is 5.65. The van der Waals surface area contributed by atoms with Crippen LogP contribution in [0.4, 0.5) is 11.4 Å². The second kappa shape index (κ2) is 10.4. The Bertz CT molecular complexity index is 1240. The number of rotatable bonds is 8. The zero-order valence-corrected chi connectivity index (χ0v) is 20.2. The Hall–Kier alpha value is -3.84. The van der Waals surface area contributed by atoms with Crippen molar-refractivity contribution in [3.63, 3.8) is 0 Å². The Morgan fingerprint density at radius 2 is 1.79 bits per heavy atom. The lowest BCUT2D eigenvalue weighted by Gasteiger charge is -2.31. The number of thiophene rings is 1. The zero-order valence-electron chi connectivity index (χ0n) is 19.4. The maximum absolute atomic E-state index is 13.6. The second-order valence-corrected chi connectivity index (χ2v) is 9.11. The summed E-state index contributed by atoms with van der Waals surface area (Å²) in [4.78, 5) is 30.6. The van der Waals surface area contributed by atoms with Crippen molar-refractivity contribution in [2.75, 3.05) is 24.3 Å². The van der Waals surface area contributed by atoms with Crippen LogP contribution in [-0.4, -0.2) is 30.8 Å². The van der Waals surface area contributed by atoms with Crippen molar-refractivity contribution in [2.24, 2.45) is 0 Å². The van der Waals surface area contributed by atoms with Gasteiger partial charge in [0.15, 0.2) is 5.76 Å². The molecule has 2 aromatic carbocycles. The highest BCUT2D eigenvalue weighted by Crippen LogP contribution is 2.30. The van der Waals surface area contributed by atoms with E-state index in [-0.39, 0.29) is 23.6 Å². The molecule has 34 heavy (non-hydrogen) atoms. The molecule has 0 bridgehead atoms. The van der Waals surface area contributed by atoms with Gasteiger partial charge >= 0.3 is 0 Å². The summed E-state index contributed by atoms with van der Waals surface area (Å²) in [5.41, 5.74) is 3.59. The van der Waals surface area contributed by atoms with Crippen molar-refractivity contribution in [3.05, 3.63) is 106 Å². The van der Waals surface area contributed by atoms with Gasteiger partial charge in [0.1, 0.15) is 0 Å². The Morgan fingerprint density at radius 3 is 2.44 bits per heavy atom. The summed E-state index contributed by atoms with van der Waals surface area (Å²) in [6.07, 6.45) is 1.47. The topological polar surface area (TPSA) is 65.8 Å². The van der Waals surface area contributed by atoms with E-state index in [2.05, 4.69) is 5.32 Å². The fraction of sp³-hybridized carbons (Fsp3) is 0.185. The molecule has 2 heterocycles. The Balaban J connectivity index is 1.68. The molecule has 0 spiro atoms.